The number of nitrogens with zero attached hydrogens (tertiary/aromatic N) is 2. The maximum absolute atomic E-state index is 11.8. The van der Waals surface area contributed by atoms with Gasteiger partial charge in [0.25, 0.3) is 0 Å². The number of rotatable bonds is 20. The molecule has 2 aromatic rings. The fourth-order valence-electron chi connectivity index (χ4n) is 6.02. The molecule has 0 N–H and O–H groups in total. The molecule has 0 saturated heterocycles. The Kier molecular flexibility index (Phi) is 19.5. The molecule has 1 heterocycles. The van der Waals surface area contributed by atoms with Crippen molar-refractivity contribution < 1.29 is 19.1 Å². The van der Waals surface area contributed by atoms with Crippen LogP contribution in [0.15, 0.2) is 59.7 Å². The first kappa shape index (κ1) is 37.2. The summed E-state index contributed by atoms with van der Waals surface area (Å²) in [7, 11) is 0. The first-order valence-corrected chi connectivity index (χ1v) is 19.4. The molecule has 3 heteroatoms. The number of benzene rings is 2. The molecule has 1 aliphatic heterocycles. The summed E-state index contributed by atoms with van der Waals surface area (Å²) in [6.07, 6.45) is 22.1. The second kappa shape index (κ2) is 22.5. The van der Waals surface area contributed by atoms with E-state index in [2.05, 4.69) is 88.0 Å². The monoisotopic (exact) mass is 628 g/mol. The van der Waals surface area contributed by atoms with Crippen molar-refractivity contribution in [2.45, 2.75) is 155 Å². The first-order valence-electron chi connectivity index (χ1n) is 17.4. The van der Waals surface area contributed by atoms with E-state index < -0.39 is 0 Å². The zero-order chi connectivity index (χ0) is 31.3. The second-order valence-electron chi connectivity index (χ2n) is 12.2. The molecule has 0 aromatic heterocycles. The summed E-state index contributed by atoms with van der Waals surface area (Å²) >= 11 is 1.62. The van der Waals surface area contributed by atoms with E-state index in [1.165, 1.54) is 92.9 Å². The van der Waals surface area contributed by atoms with E-state index in [1.54, 1.807) is 19.1 Å². The topological polar surface area (TPSA) is 25.3 Å². The predicted molar refractivity (Wildman–Crippen MR) is 186 cm³/mol. The Morgan fingerprint density at radius 1 is 0.465 bits per heavy atom. The van der Waals surface area contributed by atoms with Crippen LogP contribution in [0.25, 0.3) is 16.9 Å². The van der Waals surface area contributed by atoms with Gasteiger partial charge in [0, 0.05) is 22.3 Å². The molecule has 1 aliphatic rings. The Morgan fingerprint density at radius 2 is 0.791 bits per heavy atom. The average molecular weight is 630 g/mol. The molecule has 0 amide bonds. The van der Waals surface area contributed by atoms with Crippen molar-refractivity contribution in [2.24, 2.45) is 0 Å². The van der Waals surface area contributed by atoms with Gasteiger partial charge in [0.15, 0.2) is 0 Å². The number of allylic oxidation sites excluding steroid dienone is 2. The zero-order valence-corrected chi connectivity index (χ0v) is 29.5. The van der Waals surface area contributed by atoms with E-state index in [9.17, 15) is 5.53 Å². The van der Waals surface area contributed by atoms with Gasteiger partial charge in [0.2, 0.25) is 11.4 Å². The number of aryl methyl sites for hydroxylation is 2. The fourth-order valence-corrected chi connectivity index (χ4v) is 6.02. The van der Waals surface area contributed by atoms with Crippen LogP contribution in [-0.4, -0.2) is 4.70 Å². The van der Waals surface area contributed by atoms with Crippen molar-refractivity contribution in [3.8, 4) is 0 Å². The van der Waals surface area contributed by atoms with Gasteiger partial charge in [0.1, 0.15) is 0 Å². The van der Waals surface area contributed by atoms with Gasteiger partial charge < -0.3 is 5.53 Å². The molecule has 43 heavy (non-hydrogen) atoms. The molecule has 0 bridgehead atoms. The second-order valence-corrected chi connectivity index (χ2v) is 13.2. The Bertz CT molecular complexity index is 1110. The van der Waals surface area contributed by atoms with Gasteiger partial charge in [-0.1, -0.05) is 116 Å². The standard InChI is InChI=1S/C38H56N2.2CH3.Ni/c1-5-9-13-14-15-16-18-20-32-25-29-33(30-26-32)37-35(21-12-8-4)36(22-17-10-6-2)38(40(37)39)34-27-23-31(24-28-34)19-11-7-3;;;/h23-30H,5-22H2,1-4H3;2*1H3;. The number of hydrogen-bond acceptors (Lipinski definition) is 0. The van der Waals surface area contributed by atoms with Crippen LogP contribution in [0.2, 0.25) is 11.8 Å². The van der Waals surface area contributed by atoms with E-state index in [1.807, 2.05) is 0 Å². The van der Waals surface area contributed by atoms with Crippen molar-refractivity contribution in [3.05, 3.63) is 87.5 Å². The molecule has 3 rings (SSSR count). The van der Waals surface area contributed by atoms with E-state index in [0.29, 0.717) is 0 Å². The van der Waals surface area contributed by atoms with Gasteiger partial charge in [-0.15, -0.1) is 0 Å². The van der Waals surface area contributed by atoms with Crippen molar-refractivity contribution >= 4 is 11.4 Å². The summed E-state index contributed by atoms with van der Waals surface area (Å²) in [5.41, 5.74) is 21.6. The minimum absolute atomic E-state index is 1.01. The quantitative estimate of drug-likeness (QED) is 0.0791. The summed E-state index contributed by atoms with van der Waals surface area (Å²) in [6, 6.07) is 18.1. The molecule has 0 fully saturated rings. The average Bonchev–Trinajstić information content (AvgIpc) is 3.30. The molecule has 0 aliphatic carbocycles. The Balaban J connectivity index is 0.00000206. The van der Waals surface area contributed by atoms with E-state index in [4.69, 9.17) is 0 Å². The van der Waals surface area contributed by atoms with Gasteiger partial charge in [-0.2, -0.15) is 0 Å². The normalized spacial score (nSPS) is 13.2. The molecular formula is C40H62N2Ni. The van der Waals surface area contributed by atoms with E-state index in [-0.39, 0.29) is 0 Å². The van der Waals surface area contributed by atoms with Crippen LogP contribution in [0.3, 0.4) is 0 Å². The summed E-state index contributed by atoms with van der Waals surface area (Å²) in [5, 5.41) is 0. The Hall–Kier alpha value is -1.99. The molecule has 0 radical (unpaired) electrons. The van der Waals surface area contributed by atoms with Crippen molar-refractivity contribution in [1.29, 1.82) is 0 Å². The van der Waals surface area contributed by atoms with Crippen LogP contribution < -0.4 is 0 Å². The summed E-state index contributed by atoms with van der Waals surface area (Å²) in [4.78, 5) is 0. The maximum atomic E-state index is 11.8. The third-order valence-corrected chi connectivity index (χ3v) is 8.51. The van der Waals surface area contributed by atoms with Crippen LogP contribution >= 0.6 is 0 Å². The van der Waals surface area contributed by atoms with Crippen molar-refractivity contribution in [1.82, 2.24) is 0 Å². The molecule has 0 unspecified atom stereocenters. The van der Waals surface area contributed by atoms with Crippen LogP contribution in [0.5, 0.6) is 0 Å². The fraction of sp³-hybridized carbons (Fsp3) is 0.600. The minimum atomic E-state index is 1.01. The van der Waals surface area contributed by atoms with Gasteiger partial charge >= 0.3 is 26.2 Å². The van der Waals surface area contributed by atoms with Crippen molar-refractivity contribution in [2.75, 3.05) is 0 Å². The van der Waals surface area contributed by atoms with E-state index >= 15 is 0 Å². The third kappa shape index (κ3) is 12.5. The van der Waals surface area contributed by atoms with Crippen LogP contribution in [0.4, 0.5) is 0 Å². The molecule has 2 aromatic carbocycles. The first-order chi connectivity index (χ1) is 21.1. The molecule has 0 saturated carbocycles. The van der Waals surface area contributed by atoms with Crippen molar-refractivity contribution in [3.63, 3.8) is 0 Å². The SMILES string of the molecule is CCCCCCCCCc1ccc(C2=C(CCCC)C(CCCCC)=C(c3ccc(CCCC)cc3)[N+]2=[N-])cc1.[CH3][Ni][CH3]. The number of unbranched alkanes of at least 4 members (excludes halogenated alkanes) is 10. The Labute approximate surface area is 272 Å². The zero-order valence-electron chi connectivity index (χ0n) is 28.6. The van der Waals surface area contributed by atoms with Crippen LogP contribution in [0.1, 0.15) is 153 Å². The summed E-state index contributed by atoms with van der Waals surface area (Å²) in [5.74, 6) is 4.12. The van der Waals surface area contributed by atoms with Crippen LogP contribution in [-0.2, 0) is 27.3 Å². The third-order valence-electron chi connectivity index (χ3n) is 8.51. The number of hydrogen-bond donors (Lipinski definition) is 0. The Morgan fingerprint density at radius 3 is 1.26 bits per heavy atom. The van der Waals surface area contributed by atoms with E-state index in [0.717, 1.165) is 67.5 Å². The molecule has 242 valence electrons. The van der Waals surface area contributed by atoms with Gasteiger partial charge in [0.05, 0.1) is 0 Å². The molecular weight excluding hydrogens is 567 g/mol. The summed E-state index contributed by atoms with van der Waals surface area (Å²) in [6.45, 7) is 9.06. The van der Waals surface area contributed by atoms with Gasteiger partial charge in [-0.25, -0.2) is 4.70 Å². The summed E-state index contributed by atoms with van der Waals surface area (Å²) < 4.78 is 1.54. The van der Waals surface area contributed by atoms with Gasteiger partial charge in [-0.05, 0) is 86.8 Å². The predicted octanol–water partition coefficient (Wildman–Crippen LogP) is 13.4. The van der Waals surface area contributed by atoms with Crippen LogP contribution in [0, 0.1) is 0 Å². The molecule has 0 spiro atoms. The molecule has 0 atom stereocenters. The molecule has 2 nitrogen and oxygen atoms in total. The van der Waals surface area contributed by atoms with Gasteiger partial charge in [-0.3, -0.25) is 0 Å².